The largest absolute Gasteiger partial charge is 0.410 e. The molecule has 0 amide bonds. The summed E-state index contributed by atoms with van der Waals surface area (Å²) < 4.78 is 34.1. The molecule has 0 unspecified atom stereocenters. The third-order valence-corrected chi connectivity index (χ3v) is 11.9. The predicted octanol–water partition coefficient (Wildman–Crippen LogP) is 4.34. The smallest absolute Gasteiger partial charge is 0.244 e. The molecule has 148 valence electrons. The van der Waals surface area contributed by atoms with Crippen molar-refractivity contribution in [2.45, 2.75) is 69.3 Å². The minimum absolute atomic E-state index is 0.0397. The van der Waals surface area contributed by atoms with Crippen LogP contribution in [0.15, 0.2) is 41.3 Å². The number of benzene rings is 1. The Morgan fingerprint density at radius 3 is 2.33 bits per heavy atom. The highest BCUT2D eigenvalue weighted by molar-refractivity contribution is 7.89. The van der Waals surface area contributed by atoms with E-state index in [2.05, 4.69) is 39.8 Å². The van der Waals surface area contributed by atoms with Crippen LogP contribution in [0, 0.1) is 19.3 Å². The van der Waals surface area contributed by atoms with Gasteiger partial charge >= 0.3 is 0 Å². The Labute approximate surface area is 165 Å². The molecule has 0 fully saturated rings. The van der Waals surface area contributed by atoms with Gasteiger partial charge in [-0.15, -0.1) is 6.42 Å². The van der Waals surface area contributed by atoms with E-state index in [0.717, 1.165) is 5.56 Å². The summed E-state index contributed by atoms with van der Waals surface area (Å²) in [7, 11) is -5.59. The summed E-state index contributed by atoms with van der Waals surface area (Å²) in [6.07, 6.45) is 9.91. The summed E-state index contributed by atoms with van der Waals surface area (Å²) in [5.74, 6) is 2.50. The number of nitrogens with zero attached hydrogens (tertiary/aromatic N) is 1. The van der Waals surface area contributed by atoms with Crippen molar-refractivity contribution in [1.82, 2.24) is 4.31 Å². The maximum absolute atomic E-state index is 13.1. The van der Waals surface area contributed by atoms with Crippen LogP contribution in [0.3, 0.4) is 0 Å². The lowest BCUT2D eigenvalue weighted by molar-refractivity contribution is 0.205. The monoisotopic (exact) mass is 405 g/mol. The van der Waals surface area contributed by atoms with E-state index in [1.807, 2.05) is 19.1 Å². The van der Waals surface area contributed by atoms with E-state index in [0.29, 0.717) is 6.42 Å². The van der Waals surface area contributed by atoms with Gasteiger partial charge in [-0.25, -0.2) is 8.42 Å². The molecule has 0 N–H and O–H groups in total. The maximum Gasteiger partial charge on any atom is 0.244 e. The van der Waals surface area contributed by atoms with Crippen LogP contribution in [0.4, 0.5) is 0 Å². The van der Waals surface area contributed by atoms with Gasteiger partial charge in [0.05, 0.1) is 17.5 Å². The third kappa shape index (κ3) is 4.91. The second-order valence-corrected chi connectivity index (χ2v) is 15.3. The zero-order valence-electron chi connectivity index (χ0n) is 17.2. The van der Waals surface area contributed by atoms with E-state index in [-0.39, 0.29) is 28.6 Å². The molecule has 2 atom stereocenters. The molecule has 0 saturated heterocycles. The Morgan fingerprint density at radius 1 is 1.22 bits per heavy atom. The molecule has 0 saturated carbocycles. The Morgan fingerprint density at radius 2 is 1.81 bits per heavy atom. The molecule has 1 aliphatic carbocycles. The van der Waals surface area contributed by atoms with Crippen molar-refractivity contribution in [1.29, 1.82) is 0 Å². The molecule has 2 rings (SSSR count). The standard InChI is InChI=1S/C21H31NO3SSi/c1-8-15-22(26(23,24)20-13-9-17(2)10-14-20)18-11-12-19(16-18)25-27(6,7)21(3,4)5/h1,9-14,18-19H,15-16H2,2-7H3/t18-,19+/m0/s1. The molecule has 0 spiro atoms. The van der Waals surface area contributed by atoms with Gasteiger partial charge in [-0.1, -0.05) is 56.5 Å². The number of sulfonamides is 1. The fraction of sp³-hybridized carbons (Fsp3) is 0.524. The first-order chi connectivity index (χ1) is 12.4. The minimum atomic E-state index is -3.66. The average Bonchev–Trinajstić information content (AvgIpc) is 2.99. The van der Waals surface area contributed by atoms with E-state index >= 15 is 0 Å². The molecule has 0 radical (unpaired) electrons. The van der Waals surface area contributed by atoms with E-state index in [1.165, 1.54) is 4.31 Å². The zero-order chi connectivity index (χ0) is 20.5. The summed E-state index contributed by atoms with van der Waals surface area (Å²) in [6.45, 7) is 13.0. The summed E-state index contributed by atoms with van der Waals surface area (Å²) in [6, 6.07) is 6.58. The van der Waals surface area contributed by atoms with Gasteiger partial charge in [0.25, 0.3) is 0 Å². The minimum Gasteiger partial charge on any atom is -0.410 e. The summed E-state index contributed by atoms with van der Waals surface area (Å²) in [4.78, 5) is 0.269. The van der Waals surface area contributed by atoms with Crippen molar-refractivity contribution >= 4 is 18.3 Å². The molecule has 1 aliphatic rings. The van der Waals surface area contributed by atoms with Gasteiger partial charge < -0.3 is 4.43 Å². The summed E-state index contributed by atoms with van der Waals surface area (Å²) >= 11 is 0. The van der Waals surface area contributed by atoms with Gasteiger partial charge in [0, 0.05) is 6.04 Å². The topological polar surface area (TPSA) is 46.6 Å². The third-order valence-electron chi connectivity index (χ3n) is 5.52. The van der Waals surface area contributed by atoms with Crippen LogP contribution >= 0.6 is 0 Å². The van der Waals surface area contributed by atoms with Crippen LogP contribution in [0.1, 0.15) is 32.8 Å². The van der Waals surface area contributed by atoms with Crippen molar-refractivity contribution in [3.8, 4) is 12.3 Å². The highest BCUT2D eigenvalue weighted by atomic mass is 32.2. The molecular formula is C21H31NO3SSi. The molecule has 0 aliphatic heterocycles. The fourth-order valence-electron chi connectivity index (χ4n) is 2.82. The van der Waals surface area contributed by atoms with Crippen LogP contribution in [0.5, 0.6) is 0 Å². The Hall–Kier alpha value is -1.39. The van der Waals surface area contributed by atoms with E-state index in [1.54, 1.807) is 24.3 Å². The average molecular weight is 406 g/mol. The highest BCUT2D eigenvalue weighted by Gasteiger charge is 2.41. The molecular weight excluding hydrogens is 374 g/mol. The molecule has 1 aromatic carbocycles. The highest BCUT2D eigenvalue weighted by Crippen LogP contribution is 2.39. The number of hydrogen-bond donors (Lipinski definition) is 0. The van der Waals surface area contributed by atoms with Crippen molar-refractivity contribution in [2.75, 3.05) is 6.54 Å². The van der Waals surface area contributed by atoms with Crippen LogP contribution in [0.2, 0.25) is 18.1 Å². The second-order valence-electron chi connectivity index (χ2n) is 8.67. The van der Waals surface area contributed by atoms with Crippen molar-refractivity contribution in [3.05, 3.63) is 42.0 Å². The van der Waals surface area contributed by atoms with Gasteiger partial charge in [-0.2, -0.15) is 4.31 Å². The first-order valence-electron chi connectivity index (χ1n) is 9.26. The quantitative estimate of drug-likeness (QED) is 0.402. The summed E-state index contributed by atoms with van der Waals surface area (Å²) in [5.41, 5.74) is 1.01. The van der Waals surface area contributed by atoms with Crippen LogP contribution < -0.4 is 0 Å². The molecule has 0 aromatic heterocycles. The number of rotatable bonds is 6. The van der Waals surface area contributed by atoms with Crippen LogP contribution in [-0.4, -0.2) is 39.7 Å². The lowest BCUT2D eigenvalue weighted by Crippen LogP contribution is -2.44. The van der Waals surface area contributed by atoms with Crippen molar-refractivity contribution in [2.24, 2.45) is 0 Å². The molecule has 0 bridgehead atoms. The van der Waals surface area contributed by atoms with Gasteiger partial charge in [0.15, 0.2) is 8.32 Å². The molecule has 4 nitrogen and oxygen atoms in total. The first-order valence-corrected chi connectivity index (χ1v) is 13.6. The van der Waals surface area contributed by atoms with Gasteiger partial charge in [-0.05, 0) is 43.6 Å². The Kier molecular flexibility index (Phi) is 6.43. The van der Waals surface area contributed by atoms with E-state index in [9.17, 15) is 8.42 Å². The zero-order valence-corrected chi connectivity index (χ0v) is 19.0. The van der Waals surface area contributed by atoms with Crippen molar-refractivity contribution in [3.63, 3.8) is 0 Å². The predicted molar refractivity (Wildman–Crippen MR) is 114 cm³/mol. The number of aryl methyl sites for hydroxylation is 1. The van der Waals surface area contributed by atoms with Crippen LogP contribution in [0.25, 0.3) is 0 Å². The van der Waals surface area contributed by atoms with Gasteiger partial charge in [-0.3, -0.25) is 0 Å². The van der Waals surface area contributed by atoms with Gasteiger partial charge in [0.1, 0.15) is 0 Å². The maximum atomic E-state index is 13.1. The number of hydrogen-bond acceptors (Lipinski definition) is 3. The lowest BCUT2D eigenvalue weighted by atomic mass is 10.2. The summed E-state index contributed by atoms with van der Waals surface area (Å²) in [5, 5.41) is 0.103. The van der Waals surface area contributed by atoms with E-state index in [4.69, 9.17) is 10.8 Å². The molecule has 27 heavy (non-hydrogen) atoms. The molecule has 1 aromatic rings. The second kappa shape index (κ2) is 7.92. The first kappa shape index (κ1) is 21.9. The van der Waals surface area contributed by atoms with Gasteiger partial charge in [0.2, 0.25) is 10.0 Å². The molecule has 6 heteroatoms. The fourth-order valence-corrected chi connectivity index (χ4v) is 5.61. The number of terminal acetylenes is 1. The SMILES string of the molecule is C#CCN([C@H]1C=C[C@@H](O[Si](C)(C)C(C)(C)C)C1)S(=O)(=O)c1ccc(C)cc1. The Bertz CT molecular complexity index is 830. The Balaban J connectivity index is 2.21. The lowest BCUT2D eigenvalue weighted by Gasteiger charge is -2.38. The van der Waals surface area contributed by atoms with E-state index < -0.39 is 18.3 Å². The van der Waals surface area contributed by atoms with Crippen molar-refractivity contribution < 1.29 is 12.8 Å². The van der Waals surface area contributed by atoms with Crippen LogP contribution in [-0.2, 0) is 14.4 Å². The normalized spacial score (nSPS) is 20.8. The molecule has 0 heterocycles.